The lowest BCUT2D eigenvalue weighted by Gasteiger charge is -2.14. The van der Waals surface area contributed by atoms with Crippen LogP contribution in [0.2, 0.25) is 0 Å². The number of ether oxygens (including phenoxy) is 1. The van der Waals surface area contributed by atoms with Crippen LogP contribution in [0.5, 0.6) is 11.5 Å². The Balaban J connectivity index is 2.22. The first-order valence-electron chi connectivity index (χ1n) is 8.69. The summed E-state index contributed by atoms with van der Waals surface area (Å²) in [6, 6.07) is 4.52. The van der Waals surface area contributed by atoms with Gasteiger partial charge in [0.1, 0.15) is 0 Å². The predicted octanol–water partition coefficient (Wildman–Crippen LogP) is 3.68. The van der Waals surface area contributed by atoms with E-state index in [0.717, 1.165) is 19.3 Å². The molecule has 0 bridgehead atoms. The molecular weight excluding hydrogens is 322 g/mol. The first-order valence-corrected chi connectivity index (χ1v) is 8.69. The number of nitrogens with zero attached hydrogens (tertiary/aromatic N) is 1. The zero-order chi connectivity index (χ0) is 18.4. The molecule has 0 aliphatic heterocycles. The van der Waals surface area contributed by atoms with Gasteiger partial charge in [0.15, 0.2) is 5.75 Å². The molecule has 0 aliphatic rings. The standard InChI is InChI=1S/C19H25NO5/c1-3-4-5-6-7-8-12-25-17-16(21)13-10-9-11-14(19(23)24)15(13)20(2)18(17)22/h9-11,21H,3-8,12H2,1-2H3,(H,23,24). The van der Waals surface area contributed by atoms with E-state index in [4.69, 9.17) is 4.74 Å². The minimum atomic E-state index is -1.15. The van der Waals surface area contributed by atoms with Crippen molar-refractivity contribution in [2.75, 3.05) is 6.61 Å². The second-order valence-electron chi connectivity index (χ2n) is 6.17. The molecule has 2 rings (SSSR count). The Morgan fingerprint density at radius 3 is 2.52 bits per heavy atom. The van der Waals surface area contributed by atoms with E-state index in [-0.39, 0.29) is 22.6 Å². The van der Waals surface area contributed by atoms with Crippen molar-refractivity contribution in [1.82, 2.24) is 4.57 Å². The summed E-state index contributed by atoms with van der Waals surface area (Å²) in [4.78, 5) is 23.8. The third-order valence-corrected chi connectivity index (χ3v) is 4.32. The molecule has 136 valence electrons. The summed E-state index contributed by atoms with van der Waals surface area (Å²) in [5, 5.41) is 20.0. The van der Waals surface area contributed by atoms with E-state index in [1.54, 1.807) is 6.07 Å². The van der Waals surface area contributed by atoms with Gasteiger partial charge < -0.3 is 19.5 Å². The summed E-state index contributed by atoms with van der Waals surface area (Å²) < 4.78 is 6.75. The Hall–Kier alpha value is -2.50. The van der Waals surface area contributed by atoms with Crippen LogP contribution in [0.15, 0.2) is 23.0 Å². The number of carboxylic acid groups (broad SMARTS) is 1. The number of aromatic carboxylic acids is 1. The summed E-state index contributed by atoms with van der Waals surface area (Å²) >= 11 is 0. The zero-order valence-electron chi connectivity index (χ0n) is 14.7. The van der Waals surface area contributed by atoms with Gasteiger partial charge in [0.25, 0.3) is 5.56 Å². The van der Waals surface area contributed by atoms with Crippen LogP contribution < -0.4 is 10.3 Å². The molecule has 0 unspecified atom stereocenters. The molecule has 0 fully saturated rings. The topological polar surface area (TPSA) is 88.8 Å². The number of rotatable bonds is 9. The van der Waals surface area contributed by atoms with E-state index < -0.39 is 11.5 Å². The lowest BCUT2D eigenvalue weighted by molar-refractivity contribution is 0.0698. The van der Waals surface area contributed by atoms with Gasteiger partial charge in [-0.3, -0.25) is 4.79 Å². The minimum absolute atomic E-state index is 0.0325. The van der Waals surface area contributed by atoms with E-state index in [2.05, 4.69) is 6.92 Å². The molecule has 1 aromatic heterocycles. The number of para-hydroxylation sites is 1. The van der Waals surface area contributed by atoms with Crippen LogP contribution >= 0.6 is 0 Å². The molecule has 0 radical (unpaired) electrons. The van der Waals surface area contributed by atoms with Crippen LogP contribution in [0, 0.1) is 0 Å². The van der Waals surface area contributed by atoms with Crippen molar-refractivity contribution in [1.29, 1.82) is 0 Å². The summed E-state index contributed by atoms with van der Waals surface area (Å²) in [5.41, 5.74) is -0.385. The van der Waals surface area contributed by atoms with Crippen LogP contribution in [0.4, 0.5) is 0 Å². The van der Waals surface area contributed by atoms with Crippen LogP contribution in [-0.2, 0) is 7.05 Å². The van der Waals surface area contributed by atoms with Crippen molar-refractivity contribution in [3.05, 3.63) is 34.1 Å². The van der Waals surface area contributed by atoms with Gasteiger partial charge in [-0.05, 0) is 18.6 Å². The zero-order valence-corrected chi connectivity index (χ0v) is 14.7. The Morgan fingerprint density at radius 1 is 1.16 bits per heavy atom. The number of unbranched alkanes of at least 4 members (excludes halogenated alkanes) is 5. The molecule has 25 heavy (non-hydrogen) atoms. The second-order valence-corrected chi connectivity index (χ2v) is 6.17. The number of benzene rings is 1. The number of aromatic nitrogens is 1. The predicted molar refractivity (Wildman–Crippen MR) is 96.7 cm³/mol. The highest BCUT2D eigenvalue weighted by atomic mass is 16.5. The van der Waals surface area contributed by atoms with Gasteiger partial charge in [-0.25, -0.2) is 4.79 Å². The van der Waals surface area contributed by atoms with Crippen molar-refractivity contribution < 1.29 is 19.7 Å². The molecule has 6 heteroatoms. The molecule has 0 spiro atoms. The van der Waals surface area contributed by atoms with Gasteiger partial charge in [-0.1, -0.05) is 45.1 Å². The number of pyridine rings is 1. The van der Waals surface area contributed by atoms with Crippen LogP contribution in [-0.4, -0.2) is 27.4 Å². The van der Waals surface area contributed by atoms with Crippen molar-refractivity contribution in [2.24, 2.45) is 7.05 Å². The quantitative estimate of drug-likeness (QED) is 0.676. The molecule has 2 aromatic rings. The second kappa shape index (κ2) is 8.55. The van der Waals surface area contributed by atoms with Crippen molar-refractivity contribution in [2.45, 2.75) is 45.4 Å². The van der Waals surface area contributed by atoms with Crippen molar-refractivity contribution in [3.63, 3.8) is 0 Å². The normalized spacial score (nSPS) is 11.0. The molecule has 1 aromatic carbocycles. The first kappa shape index (κ1) is 18.8. The van der Waals surface area contributed by atoms with Crippen molar-refractivity contribution in [3.8, 4) is 11.5 Å². The maximum atomic E-state index is 12.5. The summed E-state index contributed by atoms with van der Waals surface area (Å²) in [6.45, 7) is 2.51. The summed E-state index contributed by atoms with van der Waals surface area (Å²) in [5.74, 6) is -1.57. The maximum Gasteiger partial charge on any atom is 0.337 e. The number of hydrogen-bond donors (Lipinski definition) is 2. The molecule has 0 atom stereocenters. The van der Waals surface area contributed by atoms with Gasteiger partial charge in [0.2, 0.25) is 5.75 Å². The molecule has 0 saturated carbocycles. The van der Waals surface area contributed by atoms with E-state index in [9.17, 15) is 19.8 Å². The summed E-state index contributed by atoms with van der Waals surface area (Å²) in [6.07, 6.45) is 6.55. The number of carbonyl (C=O) groups is 1. The largest absolute Gasteiger partial charge is 0.504 e. The van der Waals surface area contributed by atoms with Crippen molar-refractivity contribution >= 4 is 16.9 Å². The number of fused-ring (bicyclic) bond motifs is 1. The minimum Gasteiger partial charge on any atom is -0.504 e. The van der Waals surface area contributed by atoms with Crippen LogP contribution in [0.25, 0.3) is 10.9 Å². The molecule has 0 saturated heterocycles. The average molecular weight is 347 g/mol. The third kappa shape index (κ3) is 4.13. The van der Waals surface area contributed by atoms with Gasteiger partial charge in [-0.2, -0.15) is 0 Å². The third-order valence-electron chi connectivity index (χ3n) is 4.32. The fourth-order valence-electron chi connectivity index (χ4n) is 2.93. The Labute approximate surface area is 146 Å². The van der Waals surface area contributed by atoms with Crippen LogP contribution in [0.1, 0.15) is 55.8 Å². The molecule has 0 aliphatic carbocycles. The highest BCUT2D eigenvalue weighted by molar-refractivity contribution is 6.04. The summed E-state index contributed by atoms with van der Waals surface area (Å²) in [7, 11) is 1.48. The Bertz CT molecular complexity index is 810. The number of aryl methyl sites for hydroxylation is 1. The molecular formula is C19H25NO5. The molecule has 2 N–H and O–H groups in total. The Kier molecular flexibility index (Phi) is 6.44. The monoisotopic (exact) mass is 347 g/mol. The lowest BCUT2D eigenvalue weighted by Crippen LogP contribution is -2.21. The van der Waals surface area contributed by atoms with E-state index >= 15 is 0 Å². The highest BCUT2D eigenvalue weighted by Gasteiger charge is 2.20. The first-order chi connectivity index (χ1) is 12.0. The van der Waals surface area contributed by atoms with Gasteiger partial charge in [0, 0.05) is 12.4 Å². The number of hydrogen-bond acceptors (Lipinski definition) is 4. The van der Waals surface area contributed by atoms with Gasteiger partial charge in [-0.15, -0.1) is 0 Å². The molecule has 6 nitrogen and oxygen atoms in total. The van der Waals surface area contributed by atoms with E-state index in [0.29, 0.717) is 12.0 Å². The smallest absolute Gasteiger partial charge is 0.337 e. The number of aromatic hydroxyl groups is 1. The Morgan fingerprint density at radius 2 is 1.84 bits per heavy atom. The highest BCUT2D eigenvalue weighted by Crippen LogP contribution is 2.32. The SMILES string of the molecule is CCCCCCCCOc1c(O)c2cccc(C(=O)O)c2n(C)c1=O. The maximum absolute atomic E-state index is 12.5. The lowest BCUT2D eigenvalue weighted by atomic mass is 10.1. The molecule has 1 heterocycles. The van der Waals surface area contributed by atoms with E-state index in [1.807, 2.05) is 0 Å². The molecule has 0 amide bonds. The van der Waals surface area contributed by atoms with Crippen LogP contribution in [0.3, 0.4) is 0 Å². The van der Waals surface area contributed by atoms with Gasteiger partial charge in [0.05, 0.1) is 17.7 Å². The fourth-order valence-corrected chi connectivity index (χ4v) is 2.93. The number of carboxylic acids is 1. The fraction of sp³-hybridized carbons (Fsp3) is 0.474. The average Bonchev–Trinajstić information content (AvgIpc) is 2.60. The van der Waals surface area contributed by atoms with E-state index in [1.165, 1.54) is 43.0 Å². The van der Waals surface area contributed by atoms with Gasteiger partial charge >= 0.3 is 5.97 Å².